The van der Waals surface area contributed by atoms with Gasteiger partial charge >= 0.3 is 6.09 Å². The summed E-state index contributed by atoms with van der Waals surface area (Å²) in [5.74, 6) is 0. The van der Waals surface area contributed by atoms with Crippen LogP contribution in [0.25, 0.3) is 0 Å². The van der Waals surface area contributed by atoms with Crippen LogP contribution < -0.4 is 5.73 Å². The highest BCUT2D eigenvalue weighted by atomic mass is 16.5. The minimum atomic E-state index is -0.711. The Morgan fingerprint density at radius 1 is 1.40 bits per heavy atom. The van der Waals surface area contributed by atoms with Crippen LogP contribution in [0.5, 0.6) is 0 Å². The first-order chi connectivity index (χ1) is 4.77. The Morgan fingerprint density at radius 2 is 1.70 bits per heavy atom. The Kier molecular flexibility index (Phi) is 39.9. The van der Waals surface area contributed by atoms with Crippen molar-refractivity contribution in [2.75, 3.05) is 6.61 Å². The molecule has 0 radical (unpaired) electrons. The van der Waals surface area contributed by atoms with Gasteiger partial charge in [-0.15, -0.1) is 26.3 Å². The number of amides is 1. The fourth-order valence-electron chi connectivity index (χ4n) is 0.142. The third kappa shape index (κ3) is 72.9. The molecule has 3 heteroatoms. The summed E-state index contributed by atoms with van der Waals surface area (Å²) in [6.45, 7) is 14.1. The van der Waals surface area contributed by atoms with Crippen LogP contribution in [0.1, 0.15) is 6.92 Å². The van der Waals surface area contributed by atoms with E-state index in [1.165, 1.54) is 0 Å². The lowest BCUT2D eigenvalue weighted by atomic mass is 10.9. The number of carbonyl (C=O) groups excluding carboxylic acids is 1. The summed E-state index contributed by atoms with van der Waals surface area (Å²) in [5.41, 5.74) is 4.54. The maximum Gasteiger partial charge on any atom is 0.404 e. The normalized spacial score (nSPS) is 5.30. The van der Waals surface area contributed by atoms with Crippen molar-refractivity contribution in [2.45, 2.75) is 6.92 Å². The summed E-state index contributed by atoms with van der Waals surface area (Å²) in [7, 11) is 0. The Labute approximate surface area is 62.2 Å². The second kappa shape index (κ2) is 25.1. The summed E-state index contributed by atoms with van der Waals surface area (Å²) in [4.78, 5) is 9.60. The van der Waals surface area contributed by atoms with Gasteiger partial charge in [-0.2, -0.15) is 0 Å². The van der Waals surface area contributed by atoms with Crippen molar-refractivity contribution in [3.05, 3.63) is 26.3 Å². The molecule has 0 aromatic carbocycles. The number of primary amides is 1. The van der Waals surface area contributed by atoms with Crippen molar-refractivity contribution in [2.24, 2.45) is 5.73 Å². The van der Waals surface area contributed by atoms with Crippen molar-refractivity contribution in [3.63, 3.8) is 0 Å². The molecule has 10 heavy (non-hydrogen) atoms. The predicted octanol–water partition coefficient (Wildman–Crippen LogP) is 1.71. The van der Waals surface area contributed by atoms with Crippen molar-refractivity contribution in [3.8, 4) is 0 Å². The molecule has 0 atom stereocenters. The van der Waals surface area contributed by atoms with E-state index < -0.39 is 6.09 Å². The molecular formula is C7H15NO2. The van der Waals surface area contributed by atoms with Gasteiger partial charge in [-0.25, -0.2) is 4.79 Å². The molecule has 0 rings (SSSR count). The van der Waals surface area contributed by atoms with Gasteiger partial charge in [0, 0.05) is 0 Å². The molecule has 0 saturated carbocycles. The molecule has 0 heterocycles. The van der Waals surface area contributed by atoms with Gasteiger partial charge in [0.1, 0.15) is 0 Å². The lowest BCUT2D eigenvalue weighted by molar-refractivity contribution is 0.163. The second-order valence-corrected chi connectivity index (χ2v) is 0.752. The van der Waals surface area contributed by atoms with Crippen LogP contribution in [-0.2, 0) is 4.74 Å². The molecule has 0 fully saturated rings. The molecule has 2 N–H and O–H groups in total. The summed E-state index contributed by atoms with van der Waals surface area (Å²) < 4.78 is 4.18. The van der Waals surface area contributed by atoms with E-state index in [1.807, 2.05) is 0 Å². The standard InChI is InChI=1S/C3H7NO2.2C2H4/c1-2-6-3(4)5;2*1-2/h2H2,1H3,(H2,4,5);2*1-2H2. The molecule has 0 saturated heterocycles. The summed E-state index contributed by atoms with van der Waals surface area (Å²) in [5, 5.41) is 0. The van der Waals surface area contributed by atoms with E-state index in [4.69, 9.17) is 0 Å². The first kappa shape index (κ1) is 15.9. The average Bonchev–Trinajstić information content (AvgIpc) is 1.96. The SMILES string of the molecule is C=C.C=C.CCOC(N)=O. The average molecular weight is 145 g/mol. The van der Waals surface area contributed by atoms with Crippen LogP contribution in [0.4, 0.5) is 4.79 Å². The highest BCUT2D eigenvalue weighted by Gasteiger charge is 1.82. The summed E-state index contributed by atoms with van der Waals surface area (Å²) in [6.07, 6.45) is -0.711. The zero-order chi connectivity index (χ0) is 8.99. The molecule has 1 amide bonds. The van der Waals surface area contributed by atoms with Crippen molar-refractivity contribution < 1.29 is 9.53 Å². The third-order valence-electron chi connectivity index (χ3n) is 0.287. The van der Waals surface area contributed by atoms with Crippen LogP contribution in [0, 0.1) is 0 Å². The maximum absolute atomic E-state index is 9.60. The smallest absolute Gasteiger partial charge is 0.404 e. The monoisotopic (exact) mass is 145 g/mol. The van der Waals surface area contributed by atoms with Gasteiger partial charge in [-0.05, 0) is 6.92 Å². The molecule has 0 aliphatic heterocycles. The zero-order valence-corrected chi connectivity index (χ0v) is 6.43. The largest absolute Gasteiger partial charge is 0.450 e. The Bertz CT molecular complexity index is 72.0. The maximum atomic E-state index is 9.60. The molecule has 0 bridgehead atoms. The molecular weight excluding hydrogens is 130 g/mol. The number of carbonyl (C=O) groups is 1. The zero-order valence-electron chi connectivity index (χ0n) is 6.43. The van der Waals surface area contributed by atoms with Crippen molar-refractivity contribution >= 4 is 6.09 Å². The van der Waals surface area contributed by atoms with Gasteiger partial charge < -0.3 is 10.5 Å². The van der Waals surface area contributed by atoms with Crippen molar-refractivity contribution in [1.82, 2.24) is 0 Å². The molecule has 3 nitrogen and oxygen atoms in total. The first-order valence-corrected chi connectivity index (χ1v) is 2.69. The third-order valence-corrected chi connectivity index (χ3v) is 0.287. The van der Waals surface area contributed by atoms with E-state index in [-0.39, 0.29) is 0 Å². The minimum absolute atomic E-state index is 0.356. The molecule has 0 aliphatic carbocycles. The van der Waals surface area contributed by atoms with Crippen LogP contribution in [0.15, 0.2) is 26.3 Å². The van der Waals surface area contributed by atoms with Crippen LogP contribution in [0.3, 0.4) is 0 Å². The number of nitrogens with two attached hydrogens (primary N) is 1. The van der Waals surface area contributed by atoms with Gasteiger partial charge in [-0.3, -0.25) is 0 Å². The predicted molar refractivity (Wildman–Crippen MR) is 43.7 cm³/mol. The quantitative estimate of drug-likeness (QED) is 0.571. The molecule has 0 spiro atoms. The molecule has 0 aliphatic rings. The van der Waals surface area contributed by atoms with Crippen LogP contribution in [0.2, 0.25) is 0 Å². The van der Waals surface area contributed by atoms with Gasteiger partial charge in [0.25, 0.3) is 0 Å². The number of rotatable bonds is 1. The van der Waals surface area contributed by atoms with E-state index in [0.29, 0.717) is 6.61 Å². The Hall–Kier alpha value is -1.25. The highest BCUT2D eigenvalue weighted by Crippen LogP contribution is 1.66. The lowest BCUT2D eigenvalue weighted by Crippen LogP contribution is -2.11. The molecule has 0 aromatic heterocycles. The summed E-state index contributed by atoms with van der Waals surface area (Å²) >= 11 is 0. The van der Waals surface area contributed by atoms with E-state index in [9.17, 15) is 4.79 Å². The van der Waals surface area contributed by atoms with E-state index in [0.717, 1.165) is 0 Å². The van der Waals surface area contributed by atoms with Crippen molar-refractivity contribution in [1.29, 1.82) is 0 Å². The highest BCUT2D eigenvalue weighted by molar-refractivity contribution is 5.64. The van der Waals surface area contributed by atoms with E-state index in [2.05, 4.69) is 36.8 Å². The topological polar surface area (TPSA) is 52.3 Å². The molecule has 60 valence electrons. The molecule has 0 unspecified atom stereocenters. The fourth-order valence-corrected chi connectivity index (χ4v) is 0.142. The van der Waals surface area contributed by atoms with Crippen LogP contribution >= 0.6 is 0 Å². The minimum Gasteiger partial charge on any atom is -0.450 e. The fraction of sp³-hybridized carbons (Fsp3) is 0.286. The Morgan fingerprint density at radius 3 is 1.70 bits per heavy atom. The lowest BCUT2D eigenvalue weighted by Gasteiger charge is -1.89. The second-order valence-electron chi connectivity index (χ2n) is 0.752. The van der Waals surface area contributed by atoms with E-state index >= 15 is 0 Å². The van der Waals surface area contributed by atoms with Gasteiger partial charge in [0.2, 0.25) is 0 Å². The van der Waals surface area contributed by atoms with Crippen LogP contribution in [-0.4, -0.2) is 12.7 Å². The molecule has 0 aromatic rings. The number of hydrogen-bond donors (Lipinski definition) is 1. The number of ether oxygens (including phenoxy) is 1. The summed E-state index contributed by atoms with van der Waals surface area (Å²) in [6, 6.07) is 0. The first-order valence-electron chi connectivity index (χ1n) is 2.69. The van der Waals surface area contributed by atoms with E-state index in [1.54, 1.807) is 6.92 Å². The van der Waals surface area contributed by atoms with Gasteiger partial charge in [0.05, 0.1) is 6.61 Å². The Balaban J connectivity index is -0.000000105. The number of hydrogen-bond acceptors (Lipinski definition) is 2. The van der Waals surface area contributed by atoms with Gasteiger partial charge in [-0.1, -0.05) is 0 Å². The van der Waals surface area contributed by atoms with Gasteiger partial charge in [0.15, 0.2) is 0 Å².